The van der Waals surface area contributed by atoms with E-state index in [-0.39, 0.29) is 17.9 Å². The second-order valence-electron chi connectivity index (χ2n) is 5.17. The van der Waals surface area contributed by atoms with E-state index < -0.39 is 0 Å². The molecule has 0 spiro atoms. The fraction of sp³-hybridized carbons (Fsp3) is 0.111. The Morgan fingerprint density at radius 2 is 1.92 bits per heavy atom. The van der Waals surface area contributed by atoms with Crippen LogP contribution in [0.4, 0.5) is 5.69 Å². The summed E-state index contributed by atoms with van der Waals surface area (Å²) < 4.78 is 10.6. The molecule has 2 aromatic carbocycles. The molecule has 0 unspecified atom stereocenters. The molecule has 1 aromatic heterocycles. The summed E-state index contributed by atoms with van der Waals surface area (Å²) in [5.41, 5.74) is 1.52. The van der Waals surface area contributed by atoms with Gasteiger partial charge in [-0.15, -0.1) is 0 Å². The molecule has 1 heterocycles. The first-order valence-electron chi connectivity index (χ1n) is 7.19. The van der Waals surface area contributed by atoms with E-state index in [0.717, 1.165) is 5.56 Å². The third-order valence-corrected chi connectivity index (χ3v) is 3.67. The Balaban J connectivity index is 1.99. The van der Waals surface area contributed by atoms with E-state index in [2.05, 4.69) is 5.32 Å². The Labute approximate surface area is 142 Å². The third kappa shape index (κ3) is 3.48. The van der Waals surface area contributed by atoms with Crippen molar-refractivity contribution in [3.63, 3.8) is 0 Å². The van der Waals surface area contributed by atoms with E-state index >= 15 is 0 Å². The fourth-order valence-electron chi connectivity index (χ4n) is 2.32. The Kier molecular flexibility index (Phi) is 4.64. The normalized spacial score (nSPS) is 10.8. The van der Waals surface area contributed by atoms with Gasteiger partial charge in [0.05, 0.1) is 5.39 Å². The second kappa shape index (κ2) is 6.86. The van der Waals surface area contributed by atoms with Crippen LogP contribution in [0.3, 0.4) is 0 Å². The molecule has 6 heteroatoms. The number of hydrogen-bond acceptors (Lipinski definition) is 4. The molecule has 3 rings (SSSR count). The van der Waals surface area contributed by atoms with Gasteiger partial charge in [-0.2, -0.15) is 0 Å². The molecule has 0 saturated carbocycles. The van der Waals surface area contributed by atoms with Crippen LogP contribution in [0.2, 0.25) is 5.02 Å². The highest BCUT2D eigenvalue weighted by molar-refractivity contribution is 6.30. The van der Waals surface area contributed by atoms with Crippen LogP contribution in [0, 0.1) is 0 Å². The molecule has 5 nitrogen and oxygen atoms in total. The SMILES string of the molecule is COCC(=O)Nc1ccc2oc(-c3ccc(Cl)cc3)cc(=O)c2c1. The lowest BCUT2D eigenvalue weighted by Crippen LogP contribution is -2.17. The van der Waals surface area contributed by atoms with Gasteiger partial charge in [0, 0.05) is 29.4 Å². The number of fused-ring (bicyclic) bond motifs is 1. The van der Waals surface area contributed by atoms with Crippen molar-refractivity contribution in [3.05, 3.63) is 63.8 Å². The van der Waals surface area contributed by atoms with Crippen molar-refractivity contribution in [2.45, 2.75) is 0 Å². The molecule has 3 aromatic rings. The number of rotatable bonds is 4. The van der Waals surface area contributed by atoms with E-state index in [4.69, 9.17) is 20.8 Å². The Morgan fingerprint density at radius 1 is 1.17 bits per heavy atom. The summed E-state index contributed by atoms with van der Waals surface area (Å²) in [6.45, 7) is -0.0534. The topological polar surface area (TPSA) is 68.5 Å². The maximum atomic E-state index is 12.4. The largest absolute Gasteiger partial charge is 0.456 e. The molecular formula is C18H14ClNO4. The molecule has 0 aliphatic carbocycles. The number of halogens is 1. The monoisotopic (exact) mass is 343 g/mol. The molecular weight excluding hydrogens is 330 g/mol. The lowest BCUT2D eigenvalue weighted by atomic mass is 10.1. The van der Waals surface area contributed by atoms with Gasteiger partial charge in [0.15, 0.2) is 5.43 Å². The van der Waals surface area contributed by atoms with Gasteiger partial charge < -0.3 is 14.5 Å². The molecule has 0 aliphatic heterocycles. The number of carbonyl (C=O) groups is 1. The zero-order valence-electron chi connectivity index (χ0n) is 12.8. The standard InChI is InChI=1S/C18H14ClNO4/c1-23-10-18(22)20-13-6-7-16-14(8-13)15(21)9-17(24-16)11-2-4-12(19)5-3-11/h2-9H,10H2,1H3,(H,20,22). The van der Waals surface area contributed by atoms with Crippen molar-refractivity contribution in [2.75, 3.05) is 19.0 Å². The maximum absolute atomic E-state index is 12.4. The molecule has 0 saturated heterocycles. The molecule has 122 valence electrons. The van der Waals surface area contributed by atoms with Crippen LogP contribution in [0.15, 0.2) is 57.7 Å². The molecule has 24 heavy (non-hydrogen) atoms. The summed E-state index contributed by atoms with van der Waals surface area (Å²) in [6, 6.07) is 13.4. The minimum Gasteiger partial charge on any atom is -0.456 e. The van der Waals surface area contributed by atoms with E-state index in [1.165, 1.54) is 13.2 Å². The van der Waals surface area contributed by atoms with Gasteiger partial charge in [0.2, 0.25) is 5.91 Å². The minimum atomic E-state index is -0.293. The number of anilines is 1. The first kappa shape index (κ1) is 16.2. The highest BCUT2D eigenvalue weighted by atomic mass is 35.5. The number of benzene rings is 2. The lowest BCUT2D eigenvalue weighted by molar-refractivity contribution is -0.119. The number of nitrogens with one attached hydrogen (secondary N) is 1. The number of carbonyl (C=O) groups excluding carboxylic acids is 1. The van der Waals surface area contributed by atoms with E-state index in [1.807, 2.05) is 0 Å². The number of hydrogen-bond donors (Lipinski definition) is 1. The molecule has 0 aliphatic rings. The van der Waals surface area contributed by atoms with Gasteiger partial charge in [-0.1, -0.05) is 11.6 Å². The summed E-state index contributed by atoms with van der Waals surface area (Å²) in [5.74, 6) is 0.166. The first-order valence-corrected chi connectivity index (χ1v) is 7.57. The highest BCUT2D eigenvalue weighted by Crippen LogP contribution is 2.25. The van der Waals surface area contributed by atoms with Crippen molar-refractivity contribution in [1.29, 1.82) is 0 Å². The van der Waals surface area contributed by atoms with Crippen molar-refractivity contribution in [3.8, 4) is 11.3 Å². The third-order valence-electron chi connectivity index (χ3n) is 3.42. The Bertz CT molecular complexity index is 947. The quantitative estimate of drug-likeness (QED) is 0.784. The van der Waals surface area contributed by atoms with Gasteiger partial charge in [0.25, 0.3) is 0 Å². The van der Waals surface area contributed by atoms with Crippen molar-refractivity contribution in [2.24, 2.45) is 0 Å². The molecule has 1 amide bonds. The van der Waals surface area contributed by atoms with Crippen LogP contribution in [0.1, 0.15) is 0 Å². The molecule has 0 radical (unpaired) electrons. The summed E-state index contributed by atoms with van der Waals surface area (Å²) >= 11 is 5.87. The lowest BCUT2D eigenvalue weighted by Gasteiger charge is -2.07. The van der Waals surface area contributed by atoms with Gasteiger partial charge >= 0.3 is 0 Å². The Hall–Kier alpha value is -2.63. The second-order valence-corrected chi connectivity index (χ2v) is 5.61. The number of methoxy groups -OCH3 is 1. The first-order chi connectivity index (χ1) is 11.6. The number of ether oxygens (including phenoxy) is 1. The molecule has 0 fully saturated rings. The minimum absolute atomic E-state index is 0.0534. The van der Waals surface area contributed by atoms with Crippen LogP contribution < -0.4 is 10.7 Å². The summed E-state index contributed by atoms with van der Waals surface area (Å²) in [7, 11) is 1.44. The van der Waals surface area contributed by atoms with Crippen LogP contribution >= 0.6 is 11.6 Å². The van der Waals surface area contributed by atoms with E-state index in [1.54, 1.807) is 42.5 Å². The van der Waals surface area contributed by atoms with Crippen LogP contribution in [0.5, 0.6) is 0 Å². The summed E-state index contributed by atoms with van der Waals surface area (Å²) in [6.07, 6.45) is 0. The zero-order chi connectivity index (χ0) is 17.1. The van der Waals surface area contributed by atoms with Crippen LogP contribution in [-0.4, -0.2) is 19.6 Å². The predicted molar refractivity (Wildman–Crippen MR) is 93.4 cm³/mol. The van der Waals surface area contributed by atoms with Gasteiger partial charge in [-0.3, -0.25) is 9.59 Å². The van der Waals surface area contributed by atoms with Gasteiger partial charge in [0.1, 0.15) is 18.0 Å². The fourth-order valence-corrected chi connectivity index (χ4v) is 2.44. The number of amides is 1. The average molecular weight is 344 g/mol. The maximum Gasteiger partial charge on any atom is 0.250 e. The van der Waals surface area contributed by atoms with E-state index in [0.29, 0.717) is 27.4 Å². The molecule has 0 atom stereocenters. The molecule has 0 bridgehead atoms. The Morgan fingerprint density at radius 3 is 2.62 bits per heavy atom. The van der Waals surface area contributed by atoms with E-state index in [9.17, 15) is 9.59 Å². The summed E-state index contributed by atoms with van der Waals surface area (Å²) in [4.78, 5) is 23.9. The van der Waals surface area contributed by atoms with Crippen LogP contribution in [0.25, 0.3) is 22.3 Å². The smallest absolute Gasteiger partial charge is 0.250 e. The highest BCUT2D eigenvalue weighted by Gasteiger charge is 2.09. The van der Waals surface area contributed by atoms with Crippen molar-refractivity contribution >= 4 is 34.2 Å². The van der Waals surface area contributed by atoms with Crippen molar-refractivity contribution < 1.29 is 13.9 Å². The molecule has 1 N–H and O–H groups in total. The van der Waals surface area contributed by atoms with Crippen molar-refractivity contribution in [1.82, 2.24) is 0 Å². The van der Waals surface area contributed by atoms with Crippen LogP contribution in [-0.2, 0) is 9.53 Å². The van der Waals surface area contributed by atoms with Gasteiger partial charge in [-0.25, -0.2) is 0 Å². The summed E-state index contributed by atoms with van der Waals surface area (Å²) in [5, 5.41) is 3.66. The predicted octanol–water partition coefficient (Wildman–Crippen LogP) is 3.70. The average Bonchev–Trinajstić information content (AvgIpc) is 2.56. The van der Waals surface area contributed by atoms with Gasteiger partial charge in [-0.05, 0) is 42.5 Å². The zero-order valence-corrected chi connectivity index (χ0v) is 13.6.